The summed E-state index contributed by atoms with van der Waals surface area (Å²) in [5.41, 5.74) is 2.67. The molecular formula is C19H17BrN2O3S. The molecule has 0 spiro atoms. The Morgan fingerprint density at radius 1 is 1.31 bits per heavy atom. The third kappa shape index (κ3) is 4.28. The molecule has 2 N–H and O–H groups in total. The van der Waals surface area contributed by atoms with E-state index in [-0.39, 0.29) is 11.7 Å². The van der Waals surface area contributed by atoms with Crippen molar-refractivity contribution in [2.45, 2.75) is 13.8 Å². The van der Waals surface area contributed by atoms with E-state index in [0.717, 1.165) is 16.8 Å². The highest BCUT2D eigenvalue weighted by atomic mass is 79.9. The van der Waals surface area contributed by atoms with Crippen LogP contribution in [0.25, 0.3) is 6.08 Å². The van der Waals surface area contributed by atoms with Crippen LogP contribution in [0.3, 0.4) is 0 Å². The third-order valence-corrected chi connectivity index (χ3v) is 5.18. The summed E-state index contributed by atoms with van der Waals surface area (Å²) in [4.78, 5) is 17.2. The molecule has 1 saturated heterocycles. The number of rotatable bonds is 4. The highest BCUT2D eigenvalue weighted by Gasteiger charge is 2.24. The van der Waals surface area contributed by atoms with Gasteiger partial charge in [0.15, 0.2) is 16.7 Å². The molecule has 7 heteroatoms. The number of aryl methyl sites for hydroxylation is 1. The summed E-state index contributed by atoms with van der Waals surface area (Å²) in [6, 6.07) is 11.0. The van der Waals surface area contributed by atoms with Crippen LogP contribution in [0, 0.1) is 6.92 Å². The molecule has 0 atom stereocenters. The lowest BCUT2D eigenvalue weighted by Gasteiger charge is -2.08. The first-order valence-electron chi connectivity index (χ1n) is 7.98. The standard InChI is InChI=1S/C19H17BrN2O3S/c1-3-25-16-8-12(14(20)10-15(16)23)9-17-18(24)22-19(26-17)21-13-6-4-11(2)5-7-13/h4-10,23H,3H2,1-2H3,(H,21,22,24)/b17-9+. The zero-order valence-electron chi connectivity index (χ0n) is 14.2. The van der Waals surface area contributed by atoms with Gasteiger partial charge in [-0.05, 0) is 61.5 Å². The minimum atomic E-state index is -0.209. The van der Waals surface area contributed by atoms with Crippen LogP contribution in [-0.4, -0.2) is 22.8 Å². The van der Waals surface area contributed by atoms with E-state index in [1.807, 2.05) is 38.1 Å². The SMILES string of the molecule is CCOc1cc(/C=C2/SC(=Nc3ccc(C)cc3)NC2=O)c(Br)cc1O. The van der Waals surface area contributed by atoms with Crippen molar-refractivity contribution in [3.8, 4) is 11.5 Å². The number of ether oxygens (including phenoxy) is 1. The van der Waals surface area contributed by atoms with Crippen molar-refractivity contribution in [1.29, 1.82) is 0 Å². The fraction of sp³-hybridized carbons (Fsp3) is 0.158. The molecule has 1 aliphatic heterocycles. The quantitative estimate of drug-likeness (QED) is 0.683. The van der Waals surface area contributed by atoms with Gasteiger partial charge in [0.25, 0.3) is 5.91 Å². The number of aliphatic imine (C=N–C) groups is 1. The van der Waals surface area contributed by atoms with Crippen LogP contribution < -0.4 is 10.1 Å². The highest BCUT2D eigenvalue weighted by molar-refractivity contribution is 9.10. The fourth-order valence-electron chi connectivity index (χ4n) is 2.30. The fourth-order valence-corrected chi connectivity index (χ4v) is 3.58. The van der Waals surface area contributed by atoms with Crippen LogP contribution in [0.5, 0.6) is 11.5 Å². The number of aromatic hydroxyl groups is 1. The molecule has 1 fully saturated rings. The van der Waals surface area contributed by atoms with Crippen molar-refractivity contribution in [2.75, 3.05) is 6.61 Å². The molecule has 134 valence electrons. The Morgan fingerprint density at radius 2 is 2.04 bits per heavy atom. The molecular weight excluding hydrogens is 416 g/mol. The van der Waals surface area contributed by atoms with Crippen LogP contribution in [0.2, 0.25) is 0 Å². The van der Waals surface area contributed by atoms with Gasteiger partial charge in [0.1, 0.15) is 0 Å². The van der Waals surface area contributed by atoms with E-state index in [9.17, 15) is 9.90 Å². The van der Waals surface area contributed by atoms with Gasteiger partial charge >= 0.3 is 0 Å². The molecule has 2 aromatic carbocycles. The Kier molecular flexibility index (Phi) is 5.68. The smallest absolute Gasteiger partial charge is 0.264 e. The molecule has 0 aromatic heterocycles. The summed E-state index contributed by atoms with van der Waals surface area (Å²) >= 11 is 4.67. The predicted octanol–water partition coefficient (Wildman–Crippen LogP) is 4.75. The predicted molar refractivity (Wildman–Crippen MR) is 109 cm³/mol. The second-order valence-corrected chi connectivity index (χ2v) is 7.48. The third-order valence-electron chi connectivity index (χ3n) is 3.58. The molecule has 5 nitrogen and oxygen atoms in total. The number of thioether (sulfide) groups is 1. The van der Waals surface area contributed by atoms with Crippen molar-refractivity contribution < 1.29 is 14.6 Å². The first kappa shape index (κ1) is 18.5. The van der Waals surface area contributed by atoms with E-state index in [4.69, 9.17) is 4.74 Å². The van der Waals surface area contributed by atoms with E-state index >= 15 is 0 Å². The number of phenols is 1. The normalized spacial score (nSPS) is 17.0. The maximum atomic E-state index is 12.2. The number of phenolic OH excluding ortho intramolecular Hbond substituents is 1. The molecule has 0 radical (unpaired) electrons. The first-order chi connectivity index (χ1) is 12.5. The summed E-state index contributed by atoms with van der Waals surface area (Å²) in [6.45, 7) is 4.29. The number of nitrogens with zero attached hydrogens (tertiary/aromatic N) is 1. The van der Waals surface area contributed by atoms with Crippen molar-refractivity contribution in [1.82, 2.24) is 5.32 Å². The topological polar surface area (TPSA) is 70.9 Å². The minimum absolute atomic E-state index is 0.0472. The number of nitrogens with one attached hydrogen (secondary N) is 1. The largest absolute Gasteiger partial charge is 0.504 e. The van der Waals surface area contributed by atoms with Crippen LogP contribution in [0.15, 0.2) is 50.8 Å². The van der Waals surface area contributed by atoms with Crippen LogP contribution in [-0.2, 0) is 4.79 Å². The number of amides is 1. The van der Waals surface area contributed by atoms with Gasteiger partial charge in [0, 0.05) is 4.47 Å². The monoisotopic (exact) mass is 432 g/mol. The summed E-state index contributed by atoms with van der Waals surface area (Å²) in [6.07, 6.45) is 1.74. The van der Waals surface area contributed by atoms with E-state index in [1.54, 1.807) is 18.2 Å². The first-order valence-corrected chi connectivity index (χ1v) is 9.58. The van der Waals surface area contributed by atoms with Gasteiger partial charge in [-0.1, -0.05) is 33.6 Å². The summed E-state index contributed by atoms with van der Waals surface area (Å²) < 4.78 is 6.07. The van der Waals surface area contributed by atoms with Crippen LogP contribution >= 0.6 is 27.7 Å². The lowest BCUT2D eigenvalue weighted by molar-refractivity contribution is -0.115. The number of amidine groups is 1. The molecule has 0 saturated carbocycles. The Morgan fingerprint density at radius 3 is 2.73 bits per heavy atom. The summed E-state index contributed by atoms with van der Waals surface area (Å²) in [5.74, 6) is 0.212. The second kappa shape index (κ2) is 7.97. The number of benzene rings is 2. The average molecular weight is 433 g/mol. The van der Waals surface area contributed by atoms with E-state index in [1.165, 1.54) is 11.8 Å². The number of carbonyl (C=O) groups excluding carboxylic acids is 1. The molecule has 1 amide bonds. The van der Waals surface area contributed by atoms with Crippen LogP contribution in [0.1, 0.15) is 18.1 Å². The van der Waals surface area contributed by atoms with Gasteiger partial charge in [-0.25, -0.2) is 4.99 Å². The number of halogens is 1. The van der Waals surface area contributed by atoms with Gasteiger partial charge < -0.3 is 15.2 Å². The van der Waals surface area contributed by atoms with Gasteiger partial charge in [-0.3, -0.25) is 4.79 Å². The Bertz CT molecular complexity index is 908. The lowest BCUT2D eigenvalue weighted by Crippen LogP contribution is -2.19. The van der Waals surface area contributed by atoms with Crippen molar-refractivity contribution in [3.63, 3.8) is 0 Å². The Balaban J connectivity index is 1.87. The van der Waals surface area contributed by atoms with E-state index in [0.29, 0.717) is 26.9 Å². The number of hydrogen-bond donors (Lipinski definition) is 2. The Hall–Kier alpha value is -2.25. The molecule has 0 bridgehead atoms. The molecule has 0 unspecified atom stereocenters. The average Bonchev–Trinajstić information content (AvgIpc) is 2.93. The zero-order valence-corrected chi connectivity index (χ0v) is 16.6. The molecule has 1 heterocycles. The lowest BCUT2D eigenvalue weighted by atomic mass is 10.2. The number of hydrogen-bond acceptors (Lipinski definition) is 5. The van der Waals surface area contributed by atoms with Gasteiger partial charge in [0.2, 0.25) is 0 Å². The molecule has 26 heavy (non-hydrogen) atoms. The summed E-state index contributed by atoms with van der Waals surface area (Å²) in [7, 11) is 0. The van der Waals surface area contributed by atoms with Crippen molar-refractivity contribution in [2.24, 2.45) is 4.99 Å². The summed E-state index contributed by atoms with van der Waals surface area (Å²) in [5, 5.41) is 13.2. The van der Waals surface area contributed by atoms with Crippen molar-refractivity contribution >= 4 is 50.5 Å². The zero-order chi connectivity index (χ0) is 18.7. The van der Waals surface area contributed by atoms with Gasteiger partial charge in [-0.15, -0.1) is 0 Å². The second-order valence-electron chi connectivity index (χ2n) is 5.59. The molecule has 3 rings (SSSR count). The Labute approximate surface area is 164 Å². The number of carbonyl (C=O) groups is 1. The molecule has 0 aliphatic carbocycles. The van der Waals surface area contributed by atoms with Gasteiger partial charge in [0.05, 0.1) is 17.2 Å². The van der Waals surface area contributed by atoms with Crippen LogP contribution in [0.4, 0.5) is 5.69 Å². The van der Waals surface area contributed by atoms with Crippen molar-refractivity contribution in [3.05, 3.63) is 56.9 Å². The maximum absolute atomic E-state index is 12.2. The van der Waals surface area contributed by atoms with E-state index in [2.05, 4.69) is 26.2 Å². The molecule has 1 aliphatic rings. The van der Waals surface area contributed by atoms with Gasteiger partial charge in [-0.2, -0.15) is 0 Å². The minimum Gasteiger partial charge on any atom is -0.504 e. The highest BCUT2D eigenvalue weighted by Crippen LogP contribution is 2.36. The molecule has 2 aromatic rings. The maximum Gasteiger partial charge on any atom is 0.264 e. The van der Waals surface area contributed by atoms with E-state index < -0.39 is 0 Å².